The second-order valence-electron chi connectivity index (χ2n) is 1.45. The molecular formula is C4H14MgO8. The van der Waals surface area contributed by atoms with E-state index in [4.69, 9.17) is 15.3 Å². The van der Waals surface area contributed by atoms with Gasteiger partial charge in [0.15, 0.2) is 6.10 Å². The number of rotatable bonds is 3. The smallest absolute Gasteiger partial charge is 1.00 e. The molecule has 0 spiro atoms. The Hall–Kier alpha value is -0.454. The summed E-state index contributed by atoms with van der Waals surface area (Å²) in [4.78, 5) is 19.4. The quantitative estimate of drug-likeness (QED) is 0.406. The molecule has 0 aliphatic heterocycles. The second-order valence-corrected chi connectivity index (χ2v) is 1.45. The topological polar surface area (TPSA) is 189 Å². The minimum Gasteiger partial charge on any atom is -1.00 e. The van der Waals surface area contributed by atoms with Gasteiger partial charge in [0.25, 0.3) is 0 Å². The van der Waals surface area contributed by atoms with Gasteiger partial charge in [0.1, 0.15) is 0 Å². The van der Waals surface area contributed by atoms with Crippen LogP contribution in [-0.4, -0.2) is 72.8 Å². The molecule has 8 nitrogen and oxygen atoms in total. The maximum Gasteiger partial charge on any atom is 2.00 e. The first kappa shape index (κ1) is 29.4. The van der Waals surface area contributed by atoms with Gasteiger partial charge in [0.05, 0.1) is 6.42 Å². The van der Waals surface area contributed by atoms with Crippen LogP contribution < -0.4 is 0 Å². The van der Waals surface area contributed by atoms with Crippen LogP contribution in [0.5, 0.6) is 0 Å². The number of aliphatic hydroxyl groups is 1. The van der Waals surface area contributed by atoms with Gasteiger partial charge in [-0.05, 0) is 0 Å². The second kappa shape index (κ2) is 14.1. The molecule has 0 saturated carbocycles. The minimum absolute atomic E-state index is 0. The van der Waals surface area contributed by atoms with Gasteiger partial charge in [0, 0.05) is 0 Å². The summed E-state index contributed by atoms with van der Waals surface area (Å²) in [5.74, 6) is -2.85. The number of carbonyl (C=O) groups is 2. The van der Waals surface area contributed by atoms with Crippen LogP contribution >= 0.6 is 0 Å². The van der Waals surface area contributed by atoms with E-state index in [0.29, 0.717) is 0 Å². The molecule has 13 heavy (non-hydrogen) atoms. The molecule has 0 aliphatic rings. The van der Waals surface area contributed by atoms with E-state index in [1.807, 2.05) is 0 Å². The van der Waals surface area contributed by atoms with E-state index >= 15 is 0 Å². The number of hydrogen-bond donors (Lipinski definition) is 3. The van der Waals surface area contributed by atoms with Crippen LogP contribution in [0, 0.1) is 0 Å². The van der Waals surface area contributed by atoms with Gasteiger partial charge < -0.3 is 34.6 Å². The van der Waals surface area contributed by atoms with Gasteiger partial charge in [-0.2, -0.15) is 0 Å². The summed E-state index contributed by atoms with van der Waals surface area (Å²) in [5, 5.41) is 24.1. The Kier molecular flexibility index (Phi) is 31.8. The molecule has 0 bridgehead atoms. The molecule has 0 saturated heterocycles. The van der Waals surface area contributed by atoms with Crippen LogP contribution in [0.25, 0.3) is 0 Å². The molecule has 9 heteroatoms. The zero-order valence-electron chi connectivity index (χ0n) is 8.65. The Labute approximate surface area is 92.2 Å². The van der Waals surface area contributed by atoms with Gasteiger partial charge in [-0.3, -0.25) is 4.79 Å². The molecule has 1 unspecified atom stereocenters. The van der Waals surface area contributed by atoms with Crippen molar-refractivity contribution in [2.75, 3.05) is 0 Å². The first-order valence-corrected chi connectivity index (χ1v) is 2.16. The zero-order chi connectivity index (χ0) is 7.44. The normalized spacial score (nSPS) is 8.69. The van der Waals surface area contributed by atoms with Gasteiger partial charge in [0.2, 0.25) is 0 Å². The van der Waals surface area contributed by atoms with E-state index < -0.39 is 24.5 Å². The largest absolute Gasteiger partial charge is 2.00 e. The third-order valence-electron chi connectivity index (χ3n) is 0.653. The molecule has 0 radical (unpaired) electrons. The molecule has 0 aromatic heterocycles. The van der Waals surface area contributed by atoms with Crippen molar-refractivity contribution in [2.45, 2.75) is 12.5 Å². The third-order valence-corrected chi connectivity index (χ3v) is 0.653. The maximum absolute atomic E-state index is 9.72. The van der Waals surface area contributed by atoms with Crippen molar-refractivity contribution in [1.29, 1.82) is 0 Å². The van der Waals surface area contributed by atoms with Crippen molar-refractivity contribution >= 4 is 35.0 Å². The van der Waals surface area contributed by atoms with Crippen LogP contribution in [0.3, 0.4) is 0 Å². The molecule has 9 N–H and O–H groups in total. The molecule has 0 aliphatic carbocycles. The molecule has 1 atom stereocenters. The number of hydrogen-bond acceptors (Lipinski definition) is 3. The molecule has 0 fully saturated rings. The third kappa shape index (κ3) is 18.5. The number of carboxylic acids is 2. The number of aliphatic hydroxyl groups excluding tert-OH is 1. The van der Waals surface area contributed by atoms with Crippen molar-refractivity contribution in [2.24, 2.45) is 0 Å². The van der Waals surface area contributed by atoms with E-state index in [0.717, 1.165) is 0 Å². The first-order chi connectivity index (χ1) is 4.04. The summed E-state index contributed by atoms with van der Waals surface area (Å²) in [5.41, 5.74) is 0. The standard InChI is InChI=1S/C4H6O5.Mg.3H2O.2H/c5-2(4(8)9)1-3(6)7;;;;;;/h2,5H,1H2,(H,6,7)(H,8,9);;3*1H2;;/q;+2;;;;2*-1. The van der Waals surface area contributed by atoms with E-state index in [9.17, 15) is 9.59 Å². The van der Waals surface area contributed by atoms with Crippen molar-refractivity contribution < 1.29 is 44.2 Å². The van der Waals surface area contributed by atoms with Gasteiger partial charge in [-0.1, -0.05) is 0 Å². The Morgan fingerprint density at radius 2 is 1.46 bits per heavy atom. The Morgan fingerprint density at radius 1 is 1.15 bits per heavy atom. The number of aliphatic carboxylic acids is 2. The summed E-state index contributed by atoms with van der Waals surface area (Å²) >= 11 is 0. The van der Waals surface area contributed by atoms with Crippen molar-refractivity contribution in [1.82, 2.24) is 0 Å². The summed E-state index contributed by atoms with van der Waals surface area (Å²) in [7, 11) is 0. The van der Waals surface area contributed by atoms with Gasteiger partial charge >= 0.3 is 35.0 Å². The molecule has 0 aromatic carbocycles. The van der Waals surface area contributed by atoms with Gasteiger partial charge in [-0.15, -0.1) is 0 Å². The van der Waals surface area contributed by atoms with Crippen molar-refractivity contribution in [3.05, 3.63) is 0 Å². The molecule has 0 aromatic rings. The fourth-order valence-corrected chi connectivity index (χ4v) is 0.253. The zero-order valence-corrected chi connectivity index (χ0v) is 8.06. The van der Waals surface area contributed by atoms with Crippen molar-refractivity contribution in [3.63, 3.8) is 0 Å². The summed E-state index contributed by atoms with van der Waals surface area (Å²) < 4.78 is 0. The summed E-state index contributed by atoms with van der Waals surface area (Å²) in [6, 6.07) is 0. The molecule has 80 valence electrons. The Balaban J connectivity index is -0.0000000213. The van der Waals surface area contributed by atoms with E-state index in [1.165, 1.54) is 0 Å². The first-order valence-electron chi connectivity index (χ1n) is 2.16. The molecular weight excluding hydrogens is 200 g/mol. The molecule has 0 heterocycles. The van der Waals surface area contributed by atoms with Crippen molar-refractivity contribution in [3.8, 4) is 0 Å². The van der Waals surface area contributed by atoms with Crippen LogP contribution in [0.1, 0.15) is 9.27 Å². The van der Waals surface area contributed by atoms with Crippen LogP contribution in [-0.2, 0) is 9.59 Å². The molecule has 0 amide bonds. The van der Waals surface area contributed by atoms with E-state index in [2.05, 4.69) is 0 Å². The summed E-state index contributed by atoms with van der Waals surface area (Å²) in [6.45, 7) is 0. The van der Waals surface area contributed by atoms with Crippen LogP contribution in [0.2, 0.25) is 0 Å². The fourth-order valence-electron chi connectivity index (χ4n) is 0.253. The van der Waals surface area contributed by atoms with E-state index in [-0.39, 0.29) is 42.3 Å². The Bertz CT molecular complexity index is 145. The average Bonchev–Trinajstić information content (AvgIpc) is 1.63. The van der Waals surface area contributed by atoms with Gasteiger partial charge in [-0.25, -0.2) is 4.79 Å². The van der Waals surface area contributed by atoms with E-state index in [1.54, 1.807) is 0 Å². The number of carboxylic acid groups (broad SMARTS) is 2. The Morgan fingerprint density at radius 3 is 1.54 bits per heavy atom. The predicted molar refractivity (Wildman–Crippen MR) is 44.7 cm³/mol. The predicted octanol–water partition coefficient (Wildman–Crippen LogP) is -3.72. The maximum atomic E-state index is 9.72. The monoisotopic (exact) mass is 214 g/mol. The SMILES string of the molecule is O.O.O.O=C(O)CC(O)C(=O)O.[H-].[H-].[Mg+2]. The van der Waals surface area contributed by atoms with Crippen LogP contribution in [0.4, 0.5) is 0 Å². The molecule has 0 rings (SSSR count). The minimum atomic E-state index is -1.79. The average molecular weight is 214 g/mol. The summed E-state index contributed by atoms with van der Waals surface area (Å²) in [6.07, 6.45) is -2.54. The fraction of sp³-hybridized carbons (Fsp3) is 0.500. The van der Waals surface area contributed by atoms with Crippen LogP contribution in [0.15, 0.2) is 0 Å².